The van der Waals surface area contributed by atoms with Crippen molar-refractivity contribution in [3.05, 3.63) is 64.6 Å². The molecule has 1 N–H and O–H groups in total. The van der Waals surface area contributed by atoms with Crippen LogP contribution in [0.5, 0.6) is 0 Å². The second-order valence-corrected chi connectivity index (χ2v) is 8.53. The molecule has 7 nitrogen and oxygen atoms in total. The predicted molar refractivity (Wildman–Crippen MR) is 120 cm³/mol. The second kappa shape index (κ2) is 9.45. The third kappa shape index (κ3) is 5.21. The number of nitrogens with zero attached hydrogens (tertiary/aromatic N) is 2. The number of hydrogen-bond acceptors (Lipinski definition) is 6. The van der Waals surface area contributed by atoms with E-state index in [0.717, 1.165) is 29.7 Å². The van der Waals surface area contributed by atoms with Crippen LogP contribution in [0.4, 0.5) is 10.8 Å². The van der Waals surface area contributed by atoms with E-state index >= 15 is 0 Å². The first-order chi connectivity index (χ1) is 15.0. The number of hydrogen-bond donors (Lipinski definition) is 1. The molecule has 0 spiro atoms. The molecule has 0 bridgehead atoms. The number of aromatic nitrogens is 1. The highest BCUT2D eigenvalue weighted by Gasteiger charge is 2.28. The van der Waals surface area contributed by atoms with Crippen LogP contribution in [-0.4, -0.2) is 36.1 Å². The Morgan fingerprint density at radius 3 is 2.87 bits per heavy atom. The highest BCUT2D eigenvalue weighted by atomic mass is 32.1. The Morgan fingerprint density at radius 1 is 1.29 bits per heavy atom. The molecule has 31 heavy (non-hydrogen) atoms. The minimum Gasteiger partial charge on any atom is -0.459 e. The number of carbonyl (C=O) groups excluding carboxylic acids is 2. The highest BCUT2D eigenvalue weighted by Crippen LogP contribution is 2.26. The van der Waals surface area contributed by atoms with Crippen molar-refractivity contribution >= 4 is 34.0 Å². The maximum Gasteiger partial charge on any atom is 0.295 e. The summed E-state index contributed by atoms with van der Waals surface area (Å²) in [6.07, 6.45) is 3.46. The first-order valence-corrected chi connectivity index (χ1v) is 11.2. The van der Waals surface area contributed by atoms with Gasteiger partial charge in [0.15, 0.2) is 10.9 Å². The molecule has 0 radical (unpaired) electrons. The van der Waals surface area contributed by atoms with Crippen LogP contribution in [0.2, 0.25) is 0 Å². The Bertz CT molecular complexity index is 1050. The van der Waals surface area contributed by atoms with Crippen molar-refractivity contribution in [1.29, 1.82) is 0 Å². The minimum atomic E-state index is -0.263. The van der Waals surface area contributed by atoms with Gasteiger partial charge in [0.2, 0.25) is 5.91 Å². The average molecular weight is 440 g/mol. The number of benzene rings is 1. The average Bonchev–Trinajstić information content (AvgIpc) is 3.51. The molecule has 1 saturated heterocycles. The lowest BCUT2D eigenvalue weighted by Crippen LogP contribution is -2.37. The number of rotatable bonds is 7. The van der Waals surface area contributed by atoms with Crippen molar-refractivity contribution < 1.29 is 18.7 Å². The SMILES string of the molecule is Cc1ccc(NC(=O)Cc2csc(N(CC3CCCO3)C(=O)c3ccco3)n2)c(C)c1. The fourth-order valence-electron chi connectivity index (χ4n) is 3.59. The number of aryl methyl sites for hydroxylation is 2. The summed E-state index contributed by atoms with van der Waals surface area (Å²) < 4.78 is 11.0. The van der Waals surface area contributed by atoms with Crippen molar-refractivity contribution in [3.8, 4) is 0 Å². The molecule has 1 unspecified atom stereocenters. The lowest BCUT2D eigenvalue weighted by molar-refractivity contribution is -0.115. The van der Waals surface area contributed by atoms with E-state index in [1.165, 1.54) is 17.6 Å². The van der Waals surface area contributed by atoms with Gasteiger partial charge < -0.3 is 14.5 Å². The fourth-order valence-corrected chi connectivity index (χ4v) is 4.42. The van der Waals surface area contributed by atoms with Gasteiger partial charge in [0.25, 0.3) is 5.91 Å². The molecule has 1 aliphatic heterocycles. The molecule has 1 atom stereocenters. The maximum atomic E-state index is 13.0. The Balaban J connectivity index is 1.47. The van der Waals surface area contributed by atoms with E-state index < -0.39 is 0 Å². The first kappa shape index (κ1) is 21.3. The zero-order valence-electron chi connectivity index (χ0n) is 17.6. The van der Waals surface area contributed by atoms with E-state index in [4.69, 9.17) is 9.15 Å². The molecule has 0 aliphatic carbocycles. The summed E-state index contributed by atoms with van der Waals surface area (Å²) in [5.74, 6) is -0.157. The molecule has 3 heterocycles. The van der Waals surface area contributed by atoms with Crippen LogP contribution in [0.3, 0.4) is 0 Å². The van der Waals surface area contributed by atoms with Crippen LogP contribution in [0.15, 0.2) is 46.4 Å². The molecule has 1 fully saturated rings. The summed E-state index contributed by atoms with van der Waals surface area (Å²) >= 11 is 1.34. The van der Waals surface area contributed by atoms with Gasteiger partial charge >= 0.3 is 0 Å². The van der Waals surface area contributed by atoms with Gasteiger partial charge in [-0.15, -0.1) is 11.3 Å². The minimum absolute atomic E-state index is 0.0286. The summed E-state index contributed by atoms with van der Waals surface area (Å²) in [5.41, 5.74) is 3.57. The lowest BCUT2D eigenvalue weighted by Gasteiger charge is -2.22. The summed E-state index contributed by atoms with van der Waals surface area (Å²) in [4.78, 5) is 31.7. The predicted octanol–water partition coefficient (Wildman–Crippen LogP) is 4.36. The van der Waals surface area contributed by atoms with Gasteiger partial charge in [-0.1, -0.05) is 17.7 Å². The summed E-state index contributed by atoms with van der Waals surface area (Å²) in [6.45, 7) is 5.09. The molecule has 2 aromatic heterocycles. The van der Waals surface area contributed by atoms with Crippen molar-refractivity contribution in [1.82, 2.24) is 4.98 Å². The van der Waals surface area contributed by atoms with Gasteiger partial charge in [0, 0.05) is 17.7 Å². The van der Waals surface area contributed by atoms with Crippen molar-refractivity contribution in [2.75, 3.05) is 23.4 Å². The molecule has 1 aromatic carbocycles. The lowest BCUT2D eigenvalue weighted by atomic mass is 10.1. The topological polar surface area (TPSA) is 84.7 Å². The number of thiazole rings is 1. The molecule has 162 valence electrons. The van der Waals surface area contributed by atoms with E-state index in [2.05, 4.69) is 10.3 Å². The Kier molecular flexibility index (Phi) is 6.48. The maximum absolute atomic E-state index is 13.0. The Morgan fingerprint density at radius 2 is 2.16 bits per heavy atom. The van der Waals surface area contributed by atoms with Gasteiger partial charge in [-0.3, -0.25) is 14.5 Å². The van der Waals surface area contributed by atoms with E-state index in [-0.39, 0.29) is 30.1 Å². The zero-order valence-corrected chi connectivity index (χ0v) is 18.4. The largest absolute Gasteiger partial charge is 0.459 e. The van der Waals surface area contributed by atoms with Gasteiger partial charge in [-0.05, 0) is 50.5 Å². The van der Waals surface area contributed by atoms with E-state index in [9.17, 15) is 9.59 Å². The van der Waals surface area contributed by atoms with E-state index in [1.54, 1.807) is 17.0 Å². The Hall–Kier alpha value is -2.97. The monoisotopic (exact) mass is 439 g/mol. The standard InChI is InChI=1S/C23H25N3O4S/c1-15-7-8-19(16(2)11-15)25-21(27)12-17-14-31-23(24-17)26(13-18-5-3-9-29-18)22(28)20-6-4-10-30-20/h4,6-8,10-11,14,18H,3,5,9,12-13H2,1-2H3,(H,25,27). The first-order valence-electron chi connectivity index (χ1n) is 10.3. The molecule has 3 aromatic rings. The van der Waals surface area contributed by atoms with Gasteiger partial charge in [-0.25, -0.2) is 4.98 Å². The van der Waals surface area contributed by atoms with Crippen LogP contribution in [-0.2, 0) is 16.0 Å². The van der Waals surface area contributed by atoms with Gasteiger partial charge in [0.05, 0.1) is 31.0 Å². The highest BCUT2D eigenvalue weighted by molar-refractivity contribution is 7.14. The van der Waals surface area contributed by atoms with Crippen LogP contribution >= 0.6 is 11.3 Å². The van der Waals surface area contributed by atoms with Crippen LogP contribution < -0.4 is 10.2 Å². The van der Waals surface area contributed by atoms with Crippen molar-refractivity contribution in [2.24, 2.45) is 0 Å². The molecule has 1 aliphatic rings. The quantitative estimate of drug-likeness (QED) is 0.591. The number of carbonyl (C=O) groups is 2. The summed E-state index contributed by atoms with van der Waals surface area (Å²) in [5, 5.41) is 5.29. The third-order valence-corrected chi connectivity index (χ3v) is 6.07. The third-order valence-electron chi connectivity index (χ3n) is 5.16. The van der Waals surface area contributed by atoms with Crippen molar-refractivity contribution in [3.63, 3.8) is 0 Å². The van der Waals surface area contributed by atoms with Gasteiger partial charge in [0.1, 0.15) is 0 Å². The molecule has 8 heteroatoms. The smallest absolute Gasteiger partial charge is 0.295 e. The van der Waals surface area contributed by atoms with E-state index in [1.807, 2.05) is 37.4 Å². The van der Waals surface area contributed by atoms with Crippen molar-refractivity contribution in [2.45, 2.75) is 39.2 Å². The number of amides is 2. The molecule has 4 rings (SSSR count). The molecule has 0 saturated carbocycles. The fraction of sp³-hybridized carbons (Fsp3) is 0.348. The second-order valence-electron chi connectivity index (χ2n) is 7.69. The molecular formula is C23H25N3O4S. The normalized spacial score (nSPS) is 15.7. The summed E-state index contributed by atoms with van der Waals surface area (Å²) in [7, 11) is 0. The van der Waals surface area contributed by atoms with Crippen LogP contribution in [0.25, 0.3) is 0 Å². The van der Waals surface area contributed by atoms with E-state index in [0.29, 0.717) is 24.0 Å². The zero-order chi connectivity index (χ0) is 21.8. The summed E-state index contributed by atoms with van der Waals surface area (Å²) in [6, 6.07) is 9.21. The Labute approximate surface area is 185 Å². The molecule has 2 amide bonds. The molecular weight excluding hydrogens is 414 g/mol. The van der Waals surface area contributed by atoms with Crippen LogP contribution in [0, 0.1) is 13.8 Å². The number of anilines is 2. The van der Waals surface area contributed by atoms with Crippen LogP contribution in [0.1, 0.15) is 40.2 Å². The number of ether oxygens (including phenoxy) is 1. The van der Waals surface area contributed by atoms with Gasteiger partial charge in [-0.2, -0.15) is 0 Å². The number of furan rings is 1. The number of nitrogens with one attached hydrogen (secondary N) is 1.